The van der Waals surface area contributed by atoms with Gasteiger partial charge in [0.05, 0.1) is 14.4 Å². The Balaban J connectivity index is 1.76. The Kier molecular flexibility index (Phi) is 2.35. The van der Waals surface area contributed by atoms with E-state index in [1.54, 1.807) is 6.08 Å². The molecule has 0 aromatic carbocycles. The van der Waals surface area contributed by atoms with Gasteiger partial charge in [0, 0.05) is 2.74 Å². The summed E-state index contributed by atoms with van der Waals surface area (Å²) in [6.45, 7) is 6.25. The van der Waals surface area contributed by atoms with Crippen LogP contribution >= 0.6 is 0 Å². The molecule has 0 aliphatic heterocycles. The maximum atomic E-state index is 11.0. The van der Waals surface area contributed by atoms with Crippen molar-refractivity contribution < 1.29 is 15.7 Å². The molecule has 0 heterocycles. The quantitative estimate of drug-likeness (QED) is 0.666. The summed E-state index contributed by atoms with van der Waals surface area (Å²) in [6.07, 6.45) is 2.30. The van der Waals surface area contributed by atoms with Crippen molar-refractivity contribution in [3.63, 3.8) is 0 Å². The predicted molar refractivity (Wildman–Crippen MR) is 88.3 cm³/mol. The van der Waals surface area contributed by atoms with E-state index in [2.05, 4.69) is 6.92 Å². The Morgan fingerprint density at radius 1 is 1.14 bits per heavy atom. The van der Waals surface area contributed by atoms with Crippen LogP contribution in [0.1, 0.15) is 71.2 Å². The highest BCUT2D eigenvalue weighted by molar-refractivity contribution is 5.18. The number of aliphatic hydroxyl groups is 2. The minimum absolute atomic E-state index is 0.0886. The Morgan fingerprint density at radius 2 is 1.86 bits per heavy atom. The van der Waals surface area contributed by atoms with E-state index < -0.39 is 29.4 Å². The maximum absolute atomic E-state index is 11.0. The first-order valence-electron chi connectivity index (χ1n) is 10.9. The third kappa shape index (κ3) is 1.80. The van der Waals surface area contributed by atoms with Gasteiger partial charge in [0.25, 0.3) is 0 Å². The van der Waals surface area contributed by atoms with Crippen LogP contribution < -0.4 is 0 Å². The van der Waals surface area contributed by atoms with E-state index in [4.69, 9.17) is 5.48 Å². The monoisotopic (exact) mass is 308 g/mol. The van der Waals surface area contributed by atoms with Crippen LogP contribution in [-0.2, 0) is 0 Å². The molecule has 2 unspecified atom stereocenters. The molecule has 0 spiro atoms. The lowest BCUT2D eigenvalue weighted by molar-refractivity contribution is -0.131. The van der Waals surface area contributed by atoms with E-state index >= 15 is 0 Å². The van der Waals surface area contributed by atoms with Gasteiger partial charge in [-0.05, 0) is 86.3 Å². The van der Waals surface area contributed by atoms with E-state index in [-0.39, 0.29) is 17.4 Å². The molecule has 0 aromatic rings. The average molecular weight is 308 g/mol. The molecule has 2 N–H and O–H groups in total. The summed E-state index contributed by atoms with van der Waals surface area (Å²) >= 11 is 0. The van der Waals surface area contributed by atoms with Crippen molar-refractivity contribution >= 4 is 0 Å². The van der Waals surface area contributed by atoms with Crippen LogP contribution in [-0.4, -0.2) is 21.9 Å². The molecule has 0 amide bonds. The summed E-state index contributed by atoms with van der Waals surface area (Å²) in [5, 5.41) is 21.4. The van der Waals surface area contributed by atoms with Gasteiger partial charge in [-0.3, -0.25) is 0 Å². The first-order chi connectivity index (χ1) is 11.8. The Morgan fingerprint density at radius 3 is 2.64 bits per heavy atom. The molecule has 3 fully saturated rings. The van der Waals surface area contributed by atoms with Crippen molar-refractivity contribution in [2.75, 3.05) is 0 Å². The molecule has 3 saturated carbocycles. The summed E-state index contributed by atoms with van der Waals surface area (Å²) in [7, 11) is 0. The summed E-state index contributed by atoms with van der Waals surface area (Å²) < 4.78 is 33.2. The van der Waals surface area contributed by atoms with Crippen molar-refractivity contribution in [2.24, 2.45) is 34.5 Å². The Hall–Kier alpha value is -0.340. The molecule has 0 aromatic heterocycles. The second-order valence-corrected chi connectivity index (χ2v) is 8.92. The van der Waals surface area contributed by atoms with Gasteiger partial charge in [-0.25, -0.2) is 0 Å². The van der Waals surface area contributed by atoms with Crippen molar-refractivity contribution in [3.8, 4) is 0 Å². The maximum Gasteiger partial charge on any atom is 0.0724 e. The SMILES string of the molecule is [2H]C1=C[C@]2(C)C3CC[C@@]4(C)[C@@H](CC[C@]4(C)O)C3CC[C@@H]2C([2H])([2H])[C@@]1([2H])O. The molecule has 8 atom stereocenters. The molecule has 2 heteroatoms. The fourth-order valence-electron chi connectivity index (χ4n) is 6.50. The summed E-state index contributed by atoms with van der Waals surface area (Å²) in [5.74, 6) is 0.652. The lowest BCUT2D eigenvalue weighted by Crippen LogP contribution is -2.55. The van der Waals surface area contributed by atoms with Gasteiger partial charge in [0.2, 0.25) is 0 Å². The summed E-state index contributed by atoms with van der Waals surface area (Å²) in [5.41, 5.74) is -1.24. The lowest BCUT2D eigenvalue weighted by Gasteiger charge is -2.60. The van der Waals surface area contributed by atoms with Gasteiger partial charge in [-0.15, -0.1) is 0 Å². The molecule has 0 radical (unpaired) electrons. The van der Waals surface area contributed by atoms with Crippen molar-refractivity contribution in [1.29, 1.82) is 0 Å². The minimum Gasteiger partial charge on any atom is -0.390 e. The summed E-state index contributed by atoms with van der Waals surface area (Å²) in [6, 6.07) is -0.298. The number of hydrogen-bond donors (Lipinski definition) is 2. The molecule has 0 saturated heterocycles. The summed E-state index contributed by atoms with van der Waals surface area (Å²) in [4.78, 5) is 0. The zero-order valence-electron chi connectivity index (χ0n) is 18.0. The number of allylic oxidation sites excluding steroid dienone is 1. The van der Waals surface area contributed by atoms with Crippen molar-refractivity contribution in [1.82, 2.24) is 0 Å². The first-order valence-corrected chi connectivity index (χ1v) is 8.94. The highest BCUT2D eigenvalue weighted by Gasteiger charge is 2.62. The van der Waals surface area contributed by atoms with E-state index in [1.165, 1.54) is 0 Å². The largest absolute Gasteiger partial charge is 0.390 e. The molecule has 124 valence electrons. The van der Waals surface area contributed by atoms with Gasteiger partial charge < -0.3 is 10.2 Å². The third-order valence-corrected chi connectivity index (χ3v) is 8.17. The number of hydrogen-bond acceptors (Lipinski definition) is 2. The van der Waals surface area contributed by atoms with Crippen LogP contribution in [0.25, 0.3) is 0 Å². The minimum atomic E-state index is -2.47. The second-order valence-electron chi connectivity index (χ2n) is 8.92. The van der Waals surface area contributed by atoms with Gasteiger partial charge >= 0.3 is 0 Å². The lowest BCUT2D eigenvalue weighted by atomic mass is 9.45. The van der Waals surface area contributed by atoms with Gasteiger partial charge in [-0.1, -0.05) is 26.0 Å². The van der Waals surface area contributed by atoms with Crippen LogP contribution in [0, 0.1) is 34.5 Å². The average Bonchev–Trinajstić information content (AvgIpc) is 2.76. The molecule has 4 rings (SSSR count). The number of fused-ring (bicyclic) bond motifs is 5. The molecule has 0 bridgehead atoms. The standard InChI is InChI=1S/C20H32O2/c1-18-9-6-14(21)12-13(18)4-5-15-16(18)7-10-19(2)17(15)8-11-20(19,3)22/h6,9,13-17,21-22H,4-5,7-8,10-12H2,1-3H3/t13-,14+,15?,16?,17+,18+,19+,20+/m1/s1/i6D,12D2,14D. The van der Waals surface area contributed by atoms with E-state index in [9.17, 15) is 10.2 Å². The second kappa shape index (κ2) is 4.60. The van der Waals surface area contributed by atoms with Crippen LogP contribution in [0.4, 0.5) is 0 Å². The van der Waals surface area contributed by atoms with Crippen LogP contribution in [0.15, 0.2) is 12.1 Å². The van der Waals surface area contributed by atoms with Crippen LogP contribution in [0.5, 0.6) is 0 Å². The highest BCUT2D eigenvalue weighted by atomic mass is 16.3. The Bertz CT molecular complexity index is 658. The smallest absolute Gasteiger partial charge is 0.0724 e. The Labute approximate surface area is 140 Å². The first kappa shape index (κ1) is 11.3. The zero-order valence-corrected chi connectivity index (χ0v) is 14.0. The molecular weight excluding hydrogens is 272 g/mol. The van der Waals surface area contributed by atoms with Gasteiger partial charge in [-0.2, -0.15) is 0 Å². The molecule has 22 heavy (non-hydrogen) atoms. The normalized spacial score (nSPS) is 69.2. The fourth-order valence-corrected chi connectivity index (χ4v) is 6.50. The van der Waals surface area contributed by atoms with E-state index in [0.717, 1.165) is 32.1 Å². The molecular formula is C20H32O2. The van der Waals surface area contributed by atoms with Crippen molar-refractivity contribution in [2.45, 2.75) is 77.4 Å². The fraction of sp³-hybridized carbons (Fsp3) is 0.900. The highest BCUT2D eigenvalue weighted by Crippen LogP contribution is 2.67. The topological polar surface area (TPSA) is 40.5 Å². The van der Waals surface area contributed by atoms with Crippen LogP contribution in [0.2, 0.25) is 0 Å². The predicted octanol–water partition coefficient (Wildman–Crippen LogP) is 3.92. The third-order valence-electron chi connectivity index (χ3n) is 8.17. The van der Waals surface area contributed by atoms with Gasteiger partial charge in [0.1, 0.15) is 0 Å². The number of rotatable bonds is 0. The molecule has 4 aliphatic rings. The molecule has 2 nitrogen and oxygen atoms in total. The van der Waals surface area contributed by atoms with E-state index in [1.807, 2.05) is 13.8 Å². The van der Waals surface area contributed by atoms with Crippen molar-refractivity contribution in [3.05, 3.63) is 12.1 Å². The zero-order chi connectivity index (χ0) is 19.3. The van der Waals surface area contributed by atoms with Crippen LogP contribution in [0.3, 0.4) is 0 Å². The molecule has 4 aliphatic carbocycles. The van der Waals surface area contributed by atoms with Gasteiger partial charge in [0.15, 0.2) is 0 Å². The van der Waals surface area contributed by atoms with E-state index in [0.29, 0.717) is 18.3 Å².